The number of hydrogen-bond donors (Lipinski definition) is 1. The van der Waals surface area contributed by atoms with E-state index in [0.717, 1.165) is 23.8 Å². The van der Waals surface area contributed by atoms with Gasteiger partial charge in [-0.15, -0.1) is 0 Å². The van der Waals surface area contributed by atoms with Crippen molar-refractivity contribution in [3.8, 4) is 0 Å². The Morgan fingerprint density at radius 2 is 1.94 bits per heavy atom. The topological polar surface area (TPSA) is 12.0 Å². The molecule has 0 aromatic heterocycles. The Morgan fingerprint density at radius 1 is 1.19 bits per heavy atom. The zero-order valence-corrected chi connectivity index (χ0v) is 11.6. The molecule has 2 aliphatic carbocycles. The van der Waals surface area contributed by atoms with Crippen LogP contribution in [0.1, 0.15) is 59.3 Å². The zero-order chi connectivity index (χ0) is 11.8. The second-order valence-corrected chi connectivity index (χ2v) is 7.33. The van der Waals surface area contributed by atoms with Gasteiger partial charge in [-0.25, -0.2) is 0 Å². The molecule has 94 valence electrons. The van der Waals surface area contributed by atoms with E-state index < -0.39 is 0 Å². The summed E-state index contributed by atoms with van der Waals surface area (Å²) < 4.78 is 0. The quantitative estimate of drug-likeness (QED) is 0.763. The fourth-order valence-corrected chi connectivity index (χ4v) is 3.95. The molecule has 1 N–H and O–H groups in total. The predicted molar refractivity (Wildman–Crippen MR) is 70.5 cm³/mol. The molecule has 2 rings (SSSR count). The molecular weight excluding hydrogens is 194 g/mol. The molecule has 0 aromatic rings. The minimum Gasteiger partial charge on any atom is -0.317 e. The lowest BCUT2D eigenvalue weighted by molar-refractivity contribution is 0.223. The van der Waals surface area contributed by atoms with Crippen molar-refractivity contribution in [3.63, 3.8) is 0 Å². The highest BCUT2D eigenvalue weighted by Crippen LogP contribution is 2.50. The Balaban J connectivity index is 1.86. The standard InChI is InChI=1S/C15H29N/c1-15(2,3)8-7-14(16-4)13-10-11-5-6-12(13)9-11/h11-14,16H,5-10H2,1-4H3. The number of nitrogens with one attached hydrogen (secondary N) is 1. The van der Waals surface area contributed by atoms with Gasteiger partial charge < -0.3 is 5.32 Å². The molecule has 16 heavy (non-hydrogen) atoms. The number of rotatable bonds is 4. The molecule has 2 saturated carbocycles. The van der Waals surface area contributed by atoms with E-state index in [4.69, 9.17) is 0 Å². The molecule has 2 fully saturated rings. The SMILES string of the molecule is CNC(CCC(C)(C)C)C1CC2CCC1C2. The normalized spacial score (nSPS) is 35.6. The Labute approximate surface area is 101 Å². The first kappa shape index (κ1) is 12.4. The van der Waals surface area contributed by atoms with Crippen molar-refractivity contribution in [1.82, 2.24) is 5.32 Å². The molecule has 1 heteroatoms. The lowest BCUT2D eigenvalue weighted by Gasteiger charge is -2.32. The predicted octanol–water partition coefficient (Wildman–Crippen LogP) is 3.84. The number of fused-ring (bicyclic) bond motifs is 2. The summed E-state index contributed by atoms with van der Waals surface area (Å²) in [7, 11) is 2.17. The molecule has 0 spiro atoms. The molecule has 0 radical (unpaired) electrons. The van der Waals surface area contributed by atoms with Crippen molar-refractivity contribution in [2.75, 3.05) is 7.05 Å². The monoisotopic (exact) mass is 223 g/mol. The highest BCUT2D eigenvalue weighted by molar-refractivity contribution is 4.95. The van der Waals surface area contributed by atoms with Gasteiger partial charge in [-0.1, -0.05) is 27.2 Å². The van der Waals surface area contributed by atoms with Crippen molar-refractivity contribution < 1.29 is 0 Å². The first-order valence-corrected chi connectivity index (χ1v) is 7.17. The van der Waals surface area contributed by atoms with E-state index in [-0.39, 0.29) is 0 Å². The summed E-state index contributed by atoms with van der Waals surface area (Å²) in [4.78, 5) is 0. The van der Waals surface area contributed by atoms with E-state index in [0.29, 0.717) is 5.41 Å². The van der Waals surface area contributed by atoms with Gasteiger partial charge in [-0.05, 0) is 62.3 Å². The average molecular weight is 223 g/mol. The second-order valence-electron chi connectivity index (χ2n) is 7.33. The van der Waals surface area contributed by atoms with Crippen LogP contribution in [-0.4, -0.2) is 13.1 Å². The summed E-state index contributed by atoms with van der Waals surface area (Å²) in [5.74, 6) is 3.13. The lowest BCUT2D eigenvalue weighted by atomic mass is 9.79. The largest absolute Gasteiger partial charge is 0.317 e. The van der Waals surface area contributed by atoms with Crippen molar-refractivity contribution >= 4 is 0 Å². The van der Waals surface area contributed by atoms with Gasteiger partial charge in [0, 0.05) is 6.04 Å². The molecule has 2 aliphatic rings. The Kier molecular flexibility index (Phi) is 3.63. The Hall–Kier alpha value is -0.0400. The third-order valence-electron chi connectivity index (χ3n) is 4.89. The maximum atomic E-state index is 3.60. The molecular formula is C15H29N. The fraction of sp³-hybridized carbons (Fsp3) is 1.00. The minimum atomic E-state index is 0.493. The summed E-state index contributed by atoms with van der Waals surface area (Å²) in [6.07, 6.45) is 8.82. The molecule has 0 aromatic carbocycles. The van der Waals surface area contributed by atoms with Crippen molar-refractivity contribution in [2.45, 2.75) is 65.3 Å². The van der Waals surface area contributed by atoms with E-state index in [1.807, 2.05) is 0 Å². The molecule has 0 saturated heterocycles. The number of hydrogen-bond acceptors (Lipinski definition) is 1. The Bertz CT molecular complexity index is 228. The Morgan fingerprint density at radius 3 is 2.38 bits per heavy atom. The van der Waals surface area contributed by atoms with Crippen LogP contribution in [0.2, 0.25) is 0 Å². The average Bonchev–Trinajstić information content (AvgIpc) is 2.78. The van der Waals surface area contributed by atoms with Gasteiger partial charge in [0.05, 0.1) is 0 Å². The van der Waals surface area contributed by atoms with Gasteiger partial charge in [0.15, 0.2) is 0 Å². The van der Waals surface area contributed by atoms with Crippen LogP contribution in [-0.2, 0) is 0 Å². The van der Waals surface area contributed by atoms with Crippen LogP contribution in [0.5, 0.6) is 0 Å². The van der Waals surface area contributed by atoms with E-state index >= 15 is 0 Å². The van der Waals surface area contributed by atoms with Crippen LogP contribution < -0.4 is 5.32 Å². The first-order chi connectivity index (χ1) is 7.49. The highest BCUT2D eigenvalue weighted by Gasteiger charge is 2.42. The van der Waals surface area contributed by atoms with Gasteiger partial charge in [0.25, 0.3) is 0 Å². The maximum absolute atomic E-state index is 3.60. The summed E-state index contributed by atoms with van der Waals surface area (Å²) in [5, 5.41) is 3.60. The summed E-state index contributed by atoms with van der Waals surface area (Å²) in [5.41, 5.74) is 0.493. The zero-order valence-electron chi connectivity index (χ0n) is 11.6. The van der Waals surface area contributed by atoms with Crippen molar-refractivity contribution in [3.05, 3.63) is 0 Å². The van der Waals surface area contributed by atoms with Gasteiger partial charge in [0.2, 0.25) is 0 Å². The van der Waals surface area contributed by atoms with Gasteiger partial charge in [-0.2, -0.15) is 0 Å². The smallest absolute Gasteiger partial charge is 0.00952 e. The van der Waals surface area contributed by atoms with Gasteiger partial charge in [-0.3, -0.25) is 0 Å². The van der Waals surface area contributed by atoms with E-state index in [1.165, 1.54) is 32.1 Å². The minimum absolute atomic E-state index is 0.493. The molecule has 4 unspecified atom stereocenters. The van der Waals surface area contributed by atoms with Crippen LogP contribution in [0.3, 0.4) is 0 Å². The van der Waals surface area contributed by atoms with E-state index in [1.54, 1.807) is 6.42 Å². The molecule has 0 heterocycles. The molecule has 4 atom stereocenters. The molecule has 0 amide bonds. The molecule has 0 aliphatic heterocycles. The lowest BCUT2D eigenvalue weighted by Crippen LogP contribution is -2.37. The summed E-state index contributed by atoms with van der Waals surface area (Å²) >= 11 is 0. The van der Waals surface area contributed by atoms with E-state index in [9.17, 15) is 0 Å². The van der Waals surface area contributed by atoms with Gasteiger partial charge in [0.1, 0.15) is 0 Å². The summed E-state index contributed by atoms with van der Waals surface area (Å²) in [6.45, 7) is 7.08. The molecule has 1 nitrogen and oxygen atoms in total. The van der Waals surface area contributed by atoms with Crippen LogP contribution in [0, 0.1) is 23.2 Å². The second kappa shape index (κ2) is 4.68. The van der Waals surface area contributed by atoms with Crippen LogP contribution in [0.4, 0.5) is 0 Å². The highest BCUT2D eigenvalue weighted by atomic mass is 14.9. The van der Waals surface area contributed by atoms with Crippen LogP contribution in [0.25, 0.3) is 0 Å². The maximum Gasteiger partial charge on any atom is 0.00952 e. The third-order valence-corrected chi connectivity index (χ3v) is 4.89. The van der Waals surface area contributed by atoms with Crippen molar-refractivity contribution in [2.24, 2.45) is 23.2 Å². The molecule has 2 bridgehead atoms. The van der Waals surface area contributed by atoms with Gasteiger partial charge >= 0.3 is 0 Å². The van der Waals surface area contributed by atoms with Crippen LogP contribution in [0.15, 0.2) is 0 Å². The van der Waals surface area contributed by atoms with Crippen LogP contribution >= 0.6 is 0 Å². The summed E-state index contributed by atoms with van der Waals surface area (Å²) in [6, 6.07) is 0.787. The van der Waals surface area contributed by atoms with E-state index in [2.05, 4.69) is 33.1 Å². The first-order valence-electron chi connectivity index (χ1n) is 7.17. The third kappa shape index (κ3) is 2.80. The van der Waals surface area contributed by atoms with Crippen molar-refractivity contribution in [1.29, 1.82) is 0 Å². The fourth-order valence-electron chi connectivity index (χ4n) is 3.95.